The van der Waals surface area contributed by atoms with Crippen LogP contribution < -0.4 is 10.4 Å². The van der Waals surface area contributed by atoms with E-state index in [4.69, 9.17) is 15.7 Å². The number of aliphatic hydroxyl groups excluding tert-OH is 1. The largest absolute Gasteiger partial charge is 0.402 e. The standard InChI is InChI=1S/C24H29NO3Si/c1-6-18(2)23-22(26)21(25-28-23)17-27-29(24(3,4)5,19-13-9-7-10-14-19)20-15-11-8-12-16-20/h1,7-16,18,22-23,26H,17H2,2-5H3/t18-,22-,23-/m1/s1. The van der Waals surface area contributed by atoms with Gasteiger partial charge in [0.1, 0.15) is 11.8 Å². The van der Waals surface area contributed by atoms with Gasteiger partial charge in [-0.25, -0.2) is 0 Å². The second-order valence-electron chi connectivity index (χ2n) is 8.50. The van der Waals surface area contributed by atoms with Crippen molar-refractivity contribution in [2.24, 2.45) is 11.1 Å². The molecule has 2 aromatic rings. The maximum Gasteiger partial charge on any atom is 0.261 e. The highest BCUT2D eigenvalue weighted by Crippen LogP contribution is 2.37. The van der Waals surface area contributed by atoms with Gasteiger partial charge in [-0.15, -0.1) is 6.42 Å². The molecule has 1 N–H and O–H groups in total. The highest BCUT2D eigenvalue weighted by molar-refractivity contribution is 6.99. The molecule has 0 spiro atoms. The van der Waals surface area contributed by atoms with E-state index in [2.05, 4.69) is 56.1 Å². The van der Waals surface area contributed by atoms with Crippen molar-refractivity contribution >= 4 is 24.4 Å². The third-order valence-corrected chi connectivity index (χ3v) is 10.5. The maximum atomic E-state index is 10.7. The van der Waals surface area contributed by atoms with Crippen molar-refractivity contribution in [3.8, 4) is 12.3 Å². The zero-order valence-electron chi connectivity index (χ0n) is 17.5. The number of nitrogens with zero attached hydrogens (tertiary/aromatic N) is 1. The second kappa shape index (κ2) is 8.54. The second-order valence-corrected chi connectivity index (χ2v) is 12.8. The molecule has 2 aromatic carbocycles. The maximum absolute atomic E-state index is 10.7. The normalized spacial score (nSPS) is 20.5. The van der Waals surface area contributed by atoms with Crippen LogP contribution in [-0.2, 0) is 9.26 Å². The Balaban J connectivity index is 1.98. The van der Waals surface area contributed by atoms with E-state index < -0.39 is 20.5 Å². The lowest BCUT2D eigenvalue weighted by Crippen LogP contribution is -2.67. The number of aliphatic hydroxyl groups is 1. The Morgan fingerprint density at radius 1 is 1.10 bits per heavy atom. The molecule has 152 valence electrons. The molecule has 1 aliphatic heterocycles. The number of oxime groups is 1. The molecular formula is C24H29NO3Si. The van der Waals surface area contributed by atoms with Gasteiger partial charge in [0, 0.05) is 0 Å². The van der Waals surface area contributed by atoms with Gasteiger partial charge in [-0.1, -0.05) is 92.5 Å². The van der Waals surface area contributed by atoms with Gasteiger partial charge in [-0.05, 0) is 22.3 Å². The Labute approximate surface area is 174 Å². The number of hydrogen-bond donors (Lipinski definition) is 1. The molecule has 0 aliphatic carbocycles. The van der Waals surface area contributed by atoms with Crippen molar-refractivity contribution in [3.63, 3.8) is 0 Å². The number of hydrogen-bond acceptors (Lipinski definition) is 4. The number of terminal acetylenes is 1. The van der Waals surface area contributed by atoms with Crippen LogP contribution in [-0.4, -0.2) is 38.0 Å². The molecule has 0 aromatic heterocycles. The van der Waals surface area contributed by atoms with Gasteiger partial charge in [0.05, 0.1) is 12.5 Å². The average molecular weight is 408 g/mol. The molecule has 3 rings (SSSR count). The summed E-state index contributed by atoms with van der Waals surface area (Å²) in [6.07, 6.45) is 4.10. The van der Waals surface area contributed by atoms with Crippen molar-refractivity contribution in [3.05, 3.63) is 60.7 Å². The van der Waals surface area contributed by atoms with E-state index in [1.165, 1.54) is 10.4 Å². The summed E-state index contributed by atoms with van der Waals surface area (Å²) in [5, 5.41) is 17.0. The van der Waals surface area contributed by atoms with Gasteiger partial charge in [-0.3, -0.25) is 0 Å². The quantitative estimate of drug-likeness (QED) is 0.592. The molecule has 0 unspecified atom stereocenters. The fraction of sp³-hybridized carbons (Fsp3) is 0.375. The van der Waals surface area contributed by atoms with E-state index >= 15 is 0 Å². The van der Waals surface area contributed by atoms with Crippen molar-refractivity contribution in [2.45, 2.75) is 44.9 Å². The van der Waals surface area contributed by atoms with Crippen LogP contribution in [0.4, 0.5) is 0 Å². The van der Waals surface area contributed by atoms with Crippen molar-refractivity contribution in [1.29, 1.82) is 0 Å². The molecular weight excluding hydrogens is 378 g/mol. The lowest BCUT2D eigenvalue weighted by molar-refractivity contribution is 0.00197. The summed E-state index contributed by atoms with van der Waals surface area (Å²) in [6, 6.07) is 20.8. The fourth-order valence-electron chi connectivity index (χ4n) is 3.94. The molecule has 0 amide bonds. The fourth-order valence-corrected chi connectivity index (χ4v) is 8.46. The summed E-state index contributed by atoms with van der Waals surface area (Å²) < 4.78 is 6.80. The summed E-state index contributed by atoms with van der Waals surface area (Å²) in [6.45, 7) is 8.68. The first-order valence-corrected chi connectivity index (χ1v) is 11.8. The molecule has 1 aliphatic rings. The Bertz CT molecular complexity index is 844. The van der Waals surface area contributed by atoms with Crippen LogP contribution in [0.3, 0.4) is 0 Å². The van der Waals surface area contributed by atoms with E-state index in [-0.39, 0.29) is 17.6 Å². The van der Waals surface area contributed by atoms with Crippen molar-refractivity contribution < 1.29 is 14.4 Å². The summed E-state index contributed by atoms with van der Waals surface area (Å²) in [5.41, 5.74) is 0.491. The van der Waals surface area contributed by atoms with Crippen LogP contribution >= 0.6 is 0 Å². The molecule has 3 atom stereocenters. The Kier molecular flexibility index (Phi) is 6.28. The SMILES string of the molecule is C#C[C@@H](C)[C@H]1ON=C(CO[Si](c2ccccc2)(c2ccccc2)C(C)(C)C)[C@H]1O. The number of rotatable bonds is 6. The molecule has 0 fully saturated rings. The van der Waals surface area contributed by atoms with Crippen molar-refractivity contribution in [1.82, 2.24) is 0 Å². The van der Waals surface area contributed by atoms with Crippen LogP contribution in [0.2, 0.25) is 5.04 Å². The van der Waals surface area contributed by atoms with E-state index in [0.29, 0.717) is 5.71 Å². The minimum atomic E-state index is -2.69. The Hall–Kier alpha value is -2.39. The molecule has 0 saturated heterocycles. The molecule has 0 bridgehead atoms. The summed E-state index contributed by atoms with van der Waals surface area (Å²) >= 11 is 0. The zero-order chi connectivity index (χ0) is 21.1. The monoisotopic (exact) mass is 407 g/mol. The van der Waals surface area contributed by atoms with Gasteiger partial charge in [0.15, 0.2) is 6.10 Å². The first-order valence-electron chi connectivity index (χ1n) is 9.93. The first-order chi connectivity index (χ1) is 13.8. The van der Waals surface area contributed by atoms with Gasteiger partial charge in [-0.2, -0.15) is 0 Å². The summed E-state index contributed by atoms with van der Waals surface area (Å²) in [7, 11) is -2.69. The predicted octanol–water partition coefficient (Wildman–Crippen LogP) is 2.95. The van der Waals surface area contributed by atoms with Crippen LogP contribution in [0.1, 0.15) is 27.7 Å². The topological polar surface area (TPSA) is 51.0 Å². The minimum Gasteiger partial charge on any atom is -0.402 e. The van der Waals surface area contributed by atoms with Gasteiger partial charge in [0.25, 0.3) is 8.32 Å². The molecule has 4 nitrogen and oxygen atoms in total. The van der Waals surface area contributed by atoms with Crippen LogP contribution in [0.15, 0.2) is 65.8 Å². The molecule has 0 radical (unpaired) electrons. The van der Waals surface area contributed by atoms with Gasteiger partial charge < -0.3 is 14.4 Å². The van der Waals surface area contributed by atoms with E-state index in [9.17, 15) is 5.11 Å². The smallest absolute Gasteiger partial charge is 0.261 e. The van der Waals surface area contributed by atoms with Gasteiger partial charge >= 0.3 is 0 Å². The third kappa shape index (κ3) is 4.02. The highest BCUT2D eigenvalue weighted by atomic mass is 28.4. The van der Waals surface area contributed by atoms with E-state index in [1.54, 1.807) is 0 Å². The van der Waals surface area contributed by atoms with Gasteiger partial charge in [0.2, 0.25) is 0 Å². The molecule has 29 heavy (non-hydrogen) atoms. The van der Waals surface area contributed by atoms with Crippen molar-refractivity contribution in [2.75, 3.05) is 6.61 Å². The van der Waals surface area contributed by atoms with E-state index in [1.807, 2.05) is 43.3 Å². The first kappa shape index (κ1) is 21.3. The predicted molar refractivity (Wildman–Crippen MR) is 120 cm³/mol. The summed E-state index contributed by atoms with van der Waals surface area (Å²) in [4.78, 5) is 5.42. The van der Waals surface area contributed by atoms with Crippen LogP contribution in [0.5, 0.6) is 0 Å². The Morgan fingerprint density at radius 3 is 2.07 bits per heavy atom. The highest BCUT2D eigenvalue weighted by Gasteiger charge is 2.51. The lowest BCUT2D eigenvalue weighted by atomic mass is 9.99. The lowest BCUT2D eigenvalue weighted by Gasteiger charge is -2.43. The molecule has 1 heterocycles. The minimum absolute atomic E-state index is 0.147. The molecule has 0 saturated carbocycles. The van der Waals surface area contributed by atoms with E-state index in [0.717, 1.165) is 0 Å². The van der Waals surface area contributed by atoms with Crippen LogP contribution in [0.25, 0.3) is 0 Å². The average Bonchev–Trinajstić information content (AvgIpc) is 3.09. The number of benzene rings is 2. The summed E-state index contributed by atoms with van der Waals surface area (Å²) in [5.74, 6) is 2.38. The zero-order valence-corrected chi connectivity index (χ0v) is 18.5. The Morgan fingerprint density at radius 2 is 1.62 bits per heavy atom. The third-order valence-electron chi connectivity index (χ3n) is 5.55. The molecule has 5 heteroatoms. The van der Waals surface area contributed by atoms with Crippen LogP contribution in [0, 0.1) is 18.3 Å².